The first-order valence-corrected chi connectivity index (χ1v) is 2.67. The summed E-state index contributed by atoms with van der Waals surface area (Å²) >= 11 is 0. The predicted molar refractivity (Wildman–Crippen MR) is 28.0 cm³/mol. The smallest absolute Gasteiger partial charge is 0.200 e. The third-order valence-corrected chi connectivity index (χ3v) is 1.19. The summed E-state index contributed by atoms with van der Waals surface area (Å²) in [7, 11) is 0. The number of benzene rings is 1. The SMILES string of the molecule is [N]c1c(F)c(F)c(F)c(F)c1F. The Morgan fingerprint density at radius 2 is 0.833 bits per heavy atom. The second kappa shape index (κ2) is 2.62. The van der Waals surface area contributed by atoms with Crippen molar-refractivity contribution < 1.29 is 22.0 Å². The van der Waals surface area contributed by atoms with Gasteiger partial charge in [-0.3, -0.25) is 0 Å². The summed E-state index contributed by atoms with van der Waals surface area (Å²) in [5, 5.41) is 0. The first-order chi connectivity index (χ1) is 5.46. The fourth-order valence-electron chi connectivity index (χ4n) is 0.593. The molecule has 0 atom stereocenters. The summed E-state index contributed by atoms with van der Waals surface area (Å²) < 4.78 is 60.6. The van der Waals surface area contributed by atoms with Crippen LogP contribution in [0.5, 0.6) is 0 Å². The molecule has 0 aromatic heterocycles. The highest BCUT2D eigenvalue weighted by atomic mass is 19.2. The van der Waals surface area contributed by atoms with E-state index in [2.05, 4.69) is 0 Å². The van der Waals surface area contributed by atoms with Crippen LogP contribution in [0.15, 0.2) is 0 Å². The lowest BCUT2D eigenvalue weighted by Gasteiger charge is -1.99. The average molecular weight is 181 g/mol. The quantitative estimate of drug-likeness (QED) is 0.332. The van der Waals surface area contributed by atoms with Crippen molar-refractivity contribution in [2.75, 3.05) is 0 Å². The summed E-state index contributed by atoms with van der Waals surface area (Å²) in [6.07, 6.45) is 0. The van der Waals surface area contributed by atoms with Gasteiger partial charge in [-0.05, 0) is 0 Å². The third-order valence-electron chi connectivity index (χ3n) is 1.19. The highest BCUT2D eigenvalue weighted by Gasteiger charge is 2.24. The summed E-state index contributed by atoms with van der Waals surface area (Å²) in [4.78, 5) is 0. The highest BCUT2D eigenvalue weighted by Crippen LogP contribution is 2.25. The zero-order valence-electron chi connectivity index (χ0n) is 5.34. The Kier molecular flexibility index (Phi) is 1.91. The van der Waals surface area contributed by atoms with E-state index in [4.69, 9.17) is 5.73 Å². The maximum atomic E-state index is 12.2. The molecule has 0 aliphatic carbocycles. The van der Waals surface area contributed by atoms with Crippen LogP contribution < -0.4 is 5.73 Å². The lowest BCUT2D eigenvalue weighted by molar-refractivity contribution is 0.380. The Bertz CT molecular complexity index is 230. The van der Waals surface area contributed by atoms with Gasteiger partial charge in [0, 0.05) is 0 Å². The largest absolute Gasteiger partial charge is 0.201 e. The molecule has 0 saturated carbocycles. The molecule has 1 aromatic carbocycles. The average Bonchev–Trinajstić information content (AvgIpc) is 2.08. The van der Waals surface area contributed by atoms with E-state index in [0.29, 0.717) is 0 Å². The van der Waals surface area contributed by atoms with Gasteiger partial charge >= 0.3 is 0 Å². The molecule has 0 unspecified atom stereocenters. The Balaban J connectivity index is 3.60. The second-order valence-corrected chi connectivity index (χ2v) is 1.92. The van der Waals surface area contributed by atoms with Gasteiger partial charge in [0.25, 0.3) is 0 Å². The Morgan fingerprint density at radius 1 is 0.583 bits per heavy atom. The molecule has 0 saturated heterocycles. The highest BCUT2D eigenvalue weighted by molar-refractivity contribution is 5.38. The van der Waals surface area contributed by atoms with Gasteiger partial charge in [0.15, 0.2) is 29.0 Å². The fourth-order valence-corrected chi connectivity index (χ4v) is 0.593. The number of rotatable bonds is 0. The lowest BCUT2D eigenvalue weighted by Crippen LogP contribution is -2.01. The number of halogens is 5. The van der Waals surface area contributed by atoms with Gasteiger partial charge < -0.3 is 0 Å². The number of nitrogens with zero attached hydrogens (tertiary/aromatic N) is 1. The summed E-state index contributed by atoms with van der Waals surface area (Å²) in [5.74, 6) is -11.1. The molecule has 2 radical (unpaired) electrons. The van der Waals surface area contributed by atoms with E-state index in [-0.39, 0.29) is 0 Å². The van der Waals surface area contributed by atoms with Crippen LogP contribution in [0, 0.1) is 29.1 Å². The molecule has 1 aromatic rings. The van der Waals surface area contributed by atoms with Crippen molar-refractivity contribution in [2.24, 2.45) is 0 Å². The van der Waals surface area contributed by atoms with Crippen molar-refractivity contribution in [1.82, 2.24) is 5.73 Å². The third kappa shape index (κ3) is 0.992. The molecular formula is C6F5N. The maximum absolute atomic E-state index is 12.2. The van der Waals surface area contributed by atoms with Gasteiger partial charge in [-0.25, -0.2) is 22.0 Å². The zero-order valence-corrected chi connectivity index (χ0v) is 5.34. The van der Waals surface area contributed by atoms with Crippen LogP contribution in [0.4, 0.5) is 27.6 Å². The zero-order chi connectivity index (χ0) is 9.46. The van der Waals surface area contributed by atoms with Crippen LogP contribution in [-0.2, 0) is 0 Å². The summed E-state index contributed by atoms with van der Waals surface area (Å²) in [6.45, 7) is 0. The molecule has 6 heteroatoms. The van der Waals surface area contributed by atoms with Crippen LogP contribution in [-0.4, -0.2) is 0 Å². The van der Waals surface area contributed by atoms with Crippen LogP contribution in [0.1, 0.15) is 0 Å². The van der Waals surface area contributed by atoms with Crippen molar-refractivity contribution in [2.45, 2.75) is 0 Å². The first-order valence-electron chi connectivity index (χ1n) is 2.67. The van der Waals surface area contributed by atoms with E-state index in [1.807, 2.05) is 0 Å². The van der Waals surface area contributed by atoms with Crippen LogP contribution in [0.25, 0.3) is 0 Å². The first kappa shape index (κ1) is 8.76. The van der Waals surface area contributed by atoms with Crippen molar-refractivity contribution in [3.05, 3.63) is 29.1 Å². The minimum atomic E-state index is -2.29. The van der Waals surface area contributed by atoms with Crippen molar-refractivity contribution >= 4 is 5.69 Å². The van der Waals surface area contributed by atoms with E-state index >= 15 is 0 Å². The standard InChI is InChI=1S/C6F5N/c7-1-2(8)4(10)6(12)5(11)3(1)9. The lowest BCUT2D eigenvalue weighted by atomic mass is 10.2. The summed E-state index contributed by atoms with van der Waals surface area (Å²) in [5.41, 5.74) is 6.43. The molecule has 0 spiro atoms. The topological polar surface area (TPSA) is 22.3 Å². The fraction of sp³-hybridized carbons (Fsp3) is 0. The Labute approximate surface area is 63.6 Å². The molecule has 0 fully saturated rings. The Morgan fingerprint density at radius 3 is 1.17 bits per heavy atom. The van der Waals surface area contributed by atoms with E-state index in [0.717, 1.165) is 0 Å². The second-order valence-electron chi connectivity index (χ2n) is 1.92. The van der Waals surface area contributed by atoms with Gasteiger partial charge in [-0.2, -0.15) is 0 Å². The van der Waals surface area contributed by atoms with Gasteiger partial charge in [0.05, 0.1) is 0 Å². The van der Waals surface area contributed by atoms with E-state index in [1.54, 1.807) is 0 Å². The van der Waals surface area contributed by atoms with Crippen LogP contribution in [0.2, 0.25) is 0 Å². The van der Waals surface area contributed by atoms with E-state index < -0.39 is 34.8 Å². The Hall–Kier alpha value is -1.33. The molecule has 64 valence electrons. The van der Waals surface area contributed by atoms with Crippen LogP contribution >= 0.6 is 0 Å². The van der Waals surface area contributed by atoms with Crippen molar-refractivity contribution in [3.8, 4) is 0 Å². The minimum absolute atomic E-state index is 1.87. The molecule has 12 heavy (non-hydrogen) atoms. The van der Waals surface area contributed by atoms with Crippen molar-refractivity contribution in [3.63, 3.8) is 0 Å². The van der Waals surface area contributed by atoms with E-state index in [1.165, 1.54) is 0 Å². The molecule has 1 nitrogen and oxygen atoms in total. The normalized spacial score (nSPS) is 10.4. The van der Waals surface area contributed by atoms with E-state index in [9.17, 15) is 22.0 Å². The van der Waals surface area contributed by atoms with Gasteiger partial charge in [-0.1, -0.05) is 0 Å². The van der Waals surface area contributed by atoms with Crippen molar-refractivity contribution in [1.29, 1.82) is 0 Å². The van der Waals surface area contributed by atoms with Gasteiger partial charge in [0.2, 0.25) is 5.82 Å². The van der Waals surface area contributed by atoms with Crippen LogP contribution in [0.3, 0.4) is 0 Å². The van der Waals surface area contributed by atoms with Gasteiger partial charge in [0.1, 0.15) is 0 Å². The molecule has 0 N–H and O–H groups in total. The maximum Gasteiger partial charge on any atom is 0.200 e. The molecular weight excluding hydrogens is 181 g/mol. The molecule has 0 aliphatic rings. The molecule has 0 amide bonds. The van der Waals surface area contributed by atoms with Gasteiger partial charge in [-0.15, -0.1) is 5.73 Å². The molecule has 0 heterocycles. The molecule has 1 rings (SSSR count). The minimum Gasteiger partial charge on any atom is -0.201 e. The number of hydrogen-bond donors (Lipinski definition) is 0. The monoisotopic (exact) mass is 181 g/mol. The molecule has 0 aliphatic heterocycles. The molecule has 0 bridgehead atoms. The number of hydrogen-bond acceptors (Lipinski definition) is 0. The predicted octanol–water partition coefficient (Wildman–Crippen LogP) is 2.08. The summed E-state index contributed by atoms with van der Waals surface area (Å²) in [6, 6.07) is 0.